The maximum atomic E-state index is 12.3. The summed E-state index contributed by atoms with van der Waals surface area (Å²) in [5, 5.41) is 11.0. The van der Waals surface area contributed by atoms with Gasteiger partial charge in [0, 0.05) is 26.2 Å². The number of benzene rings is 2. The van der Waals surface area contributed by atoms with E-state index in [-0.39, 0.29) is 23.0 Å². The summed E-state index contributed by atoms with van der Waals surface area (Å²) >= 11 is 5.06. The van der Waals surface area contributed by atoms with Crippen LogP contribution < -0.4 is 4.74 Å². The zero-order valence-corrected chi connectivity index (χ0v) is 16.5. The molecular weight excluding hydrogens is 394 g/mol. The van der Waals surface area contributed by atoms with Crippen molar-refractivity contribution in [3.05, 3.63) is 75.3 Å². The van der Waals surface area contributed by atoms with Gasteiger partial charge in [0.15, 0.2) is 5.11 Å². The lowest BCUT2D eigenvalue weighted by molar-refractivity contribution is -0.384. The predicted molar refractivity (Wildman–Crippen MR) is 110 cm³/mol. The summed E-state index contributed by atoms with van der Waals surface area (Å²) in [6, 6.07) is 13.0. The van der Waals surface area contributed by atoms with Gasteiger partial charge in [0.05, 0.1) is 4.92 Å². The number of carbonyl (C=O) groups excluding carboxylic acids is 2. The SMILES string of the molecule is CN1C(=O)C(=Cc2ccc(OCc3cccc([N+](=O)[O-])c3)cc2)C(=O)N(C)C1=S. The Bertz CT molecular complexity index is 1010. The number of non-ortho nitro benzene ring substituents is 1. The number of hydrogen-bond donors (Lipinski definition) is 0. The first kappa shape index (κ1) is 20.2. The minimum atomic E-state index is -0.457. The maximum absolute atomic E-state index is 12.3. The molecule has 0 N–H and O–H groups in total. The second kappa shape index (κ2) is 8.19. The van der Waals surface area contributed by atoms with Crippen molar-refractivity contribution < 1.29 is 19.2 Å². The molecule has 0 saturated carbocycles. The van der Waals surface area contributed by atoms with Gasteiger partial charge in [0.25, 0.3) is 17.5 Å². The van der Waals surface area contributed by atoms with E-state index in [2.05, 4.69) is 0 Å². The zero-order valence-electron chi connectivity index (χ0n) is 15.7. The first-order valence-electron chi connectivity index (χ1n) is 8.56. The average Bonchev–Trinajstić information content (AvgIpc) is 2.73. The van der Waals surface area contributed by atoms with E-state index < -0.39 is 16.7 Å². The van der Waals surface area contributed by atoms with E-state index in [9.17, 15) is 19.7 Å². The third-order valence-electron chi connectivity index (χ3n) is 4.36. The Morgan fingerprint density at radius 3 is 2.28 bits per heavy atom. The molecule has 29 heavy (non-hydrogen) atoms. The molecule has 2 aromatic carbocycles. The number of carbonyl (C=O) groups is 2. The highest BCUT2D eigenvalue weighted by Gasteiger charge is 2.35. The molecule has 8 nitrogen and oxygen atoms in total. The molecule has 0 bridgehead atoms. The molecule has 0 unspecified atom stereocenters. The van der Waals surface area contributed by atoms with Gasteiger partial charge < -0.3 is 4.74 Å². The lowest BCUT2D eigenvalue weighted by atomic mass is 10.1. The number of hydrogen-bond acceptors (Lipinski definition) is 6. The number of rotatable bonds is 5. The number of nitrogens with zero attached hydrogens (tertiary/aromatic N) is 3. The predicted octanol–water partition coefficient (Wildman–Crippen LogP) is 2.77. The first-order chi connectivity index (χ1) is 13.8. The van der Waals surface area contributed by atoms with Gasteiger partial charge in [0.2, 0.25) is 0 Å². The van der Waals surface area contributed by atoms with Crippen LogP contribution in [-0.2, 0) is 16.2 Å². The minimum absolute atomic E-state index is 0.00399. The van der Waals surface area contributed by atoms with Crippen LogP contribution in [0.15, 0.2) is 54.1 Å². The van der Waals surface area contributed by atoms with E-state index in [0.29, 0.717) is 16.9 Å². The highest BCUT2D eigenvalue weighted by molar-refractivity contribution is 7.80. The number of ether oxygens (including phenoxy) is 1. The average molecular weight is 411 g/mol. The standard InChI is InChI=1S/C20H17N3O5S/c1-21-18(24)17(19(25)22(2)20(21)29)11-13-6-8-16(9-7-13)28-12-14-4-3-5-15(10-14)23(26)27/h3-11H,12H2,1-2H3. The van der Waals surface area contributed by atoms with Gasteiger partial charge >= 0.3 is 0 Å². The molecule has 0 aliphatic carbocycles. The fourth-order valence-electron chi connectivity index (χ4n) is 2.73. The normalized spacial score (nSPS) is 14.3. The second-order valence-electron chi connectivity index (χ2n) is 6.35. The smallest absolute Gasteiger partial charge is 0.269 e. The summed E-state index contributed by atoms with van der Waals surface area (Å²) in [4.78, 5) is 37.6. The van der Waals surface area contributed by atoms with Crippen molar-refractivity contribution in [2.24, 2.45) is 0 Å². The molecule has 0 atom stereocenters. The van der Waals surface area contributed by atoms with E-state index in [1.807, 2.05) is 0 Å². The lowest BCUT2D eigenvalue weighted by Crippen LogP contribution is -2.52. The van der Waals surface area contributed by atoms with E-state index in [1.165, 1.54) is 42.1 Å². The Hall–Kier alpha value is -3.59. The summed E-state index contributed by atoms with van der Waals surface area (Å²) in [6.07, 6.45) is 1.50. The number of thiocarbonyl (C=S) groups is 1. The van der Waals surface area contributed by atoms with Crippen LogP contribution in [0.5, 0.6) is 5.75 Å². The van der Waals surface area contributed by atoms with Crippen LogP contribution in [0.3, 0.4) is 0 Å². The monoisotopic (exact) mass is 411 g/mol. The van der Waals surface area contributed by atoms with Gasteiger partial charge in [-0.3, -0.25) is 29.5 Å². The summed E-state index contributed by atoms with van der Waals surface area (Å²) in [5.74, 6) is -0.358. The van der Waals surface area contributed by atoms with Gasteiger partial charge in [-0.1, -0.05) is 24.3 Å². The van der Waals surface area contributed by atoms with E-state index in [4.69, 9.17) is 17.0 Å². The van der Waals surface area contributed by atoms with Gasteiger partial charge in [-0.15, -0.1) is 0 Å². The van der Waals surface area contributed by atoms with Crippen molar-refractivity contribution in [3.8, 4) is 5.75 Å². The van der Waals surface area contributed by atoms with Gasteiger partial charge in [-0.05, 0) is 41.6 Å². The summed E-state index contributed by atoms with van der Waals surface area (Å²) in [7, 11) is 3.04. The molecule has 1 aliphatic rings. The molecule has 2 amide bonds. The maximum Gasteiger partial charge on any atom is 0.269 e. The van der Waals surface area contributed by atoms with Crippen LogP contribution in [0.1, 0.15) is 11.1 Å². The first-order valence-corrected chi connectivity index (χ1v) is 8.96. The number of nitro benzene ring substituents is 1. The third-order valence-corrected chi connectivity index (χ3v) is 4.91. The fourth-order valence-corrected chi connectivity index (χ4v) is 2.89. The molecule has 3 rings (SSSR count). The van der Waals surface area contributed by atoms with Crippen LogP contribution in [0.2, 0.25) is 0 Å². The van der Waals surface area contributed by atoms with Crippen molar-refractivity contribution in [2.45, 2.75) is 6.61 Å². The molecule has 2 aromatic rings. The quantitative estimate of drug-likeness (QED) is 0.247. The Morgan fingerprint density at radius 2 is 1.69 bits per heavy atom. The van der Waals surface area contributed by atoms with E-state index in [1.54, 1.807) is 36.4 Å². The van der Waals surface area contributed by atoms with Crippen LogP contribution in [0.25, 0.3) is 6.08 Å². The van der Waals surface area contributed by atoms with Crippen molar-refractivity contribution in [1.29, 1.82) is 0 Å². The fraction of sp³-hybridized carbons (Fsp3) is 0.150. The van der Waals surface area contributed by atoms with E-state index in [0.717, 1.165) is 0 Å². The minimum Gasteiger partial charge on any atom is -0.489 e. The van der Waals surface area contributed by atoms with Crippen LogP contribution in [0, 0.1) is 10.1 Å². The largest absolute Gasteiger partial charge is 0.489 e. The molecule has 1 fully saturated rings. The topological polar surface area (TPSA) is 93.0 Å². The molecule has 9 heteroatoms. The number of likely N-dealkylation sites (N-methyl/N-ethyl adjacent to an activating group) is 2. The van der Waals surface area contributed by atoms with E-state index >= 15 is 0 Å². The van der Waals surface area contributed by atoms with Crippen LogP contribution >= 0.6 is 12.2 Å². The third kappa shape index (κ3) is 4.30. The van der Waals surface area contributed by atoms with Crippen LogP contribution in [-0.4, -0.2) is 45.7 Å². The summed E-state index contributed by atoms with van der Waals surface area (Å²) < 4.78 is 5.65. The van der Waals surface area contributed by atoms with Gasteiger partial charge in [-0.2, -0.15) is 0 Å². The second-order valence-corrected chi connectivity index (χ2v) is 6.72. The Morgan fingerprint density at radius 1 is 1.07 bits per heavy atom. The van der Waals surface area contributed by atoms with Crippen molar-refractivity contribution in [2.75, 3.05) is 14.1 Å². The van der Waals surface area contributed by atoms with Crippen molar-refractivity contribution >= 4 is 40.9 Å². The molecule has 0 spiro atoms. The number of amides is 2. The Labute approximate surface area is 172 Å². The molecule has 0 radical (unpaired) electrons. The highest BCUT2D eigenvalue weighted by atomic mass is 32.1. The summed E-state index contributed by atoms with van der Waals surface area (Å²) in [6.45, 7) is 0.173. The van der Waals surface area contributed by atoms with Crippen molar-refractivity contribution in [3.63, 3.8) is 0 Å². The molecule has 1 heterocycles. The molecule has 0 aromatic heterocycles. The van der Waals surface area contributed by atoms with Crippen molar-refractivity contribution in [1.82, 2.24) is 9.80 Å². The van der Waals surface area contributed by atoms with Gasteiger partial charge in [0.1, 0.15) is 17.9 Å². The highest BCUT2D eigenvalue weighted by Crippen LogP contribution is 2.21. The summed E-state index contributed by atoms with van der Waals surface area (Å²) in [5.41, 5.74) is 1.35. The number of nitro groups is 1. The molecule has 148 valence electrons. The Kier molecular flexibility index (Phi) is 5.69. The molecule has 1 aliphatic heterocycles. The zero-order chi connectivity index (χ0) is 21.1. The van der Waals surface area contributed by atoms with Crippen LogP contribution in [0.4, 0.5) is 5.69 Å². The van der Waals surface area contributed by atoms with Gasteiger partial charge in [-0.25, -0.2) is 0 Å². The molecular formula is C20H17N3O5S. The molecule has 1 saturated heterocycles. The lowest BCUT2D eigenvalue weighted by Gasteiger charge is -2.31. The Balaban J connectivity index is 1.72.